The molecular weight excluding hydrogens is 388 g/mol. The van der Waals surface area contributed by atoms with Gasteiger partial charge in [0.05, 0.1) is 22.7 Å². The highest BCUT2D eigenvalue weighted by Crippen LogP contribution is 2.45. The first-order valence-corrected chi connectivity index (χ1v) is 9.62. The van der Waals surface area contributed by atoms with Crippen LogP contribution in [0.4, 0.5) is 13.2 Å². The first kappa shape index (κ1) is 21.1. The molecule has 0 amide bonds. The third-order valence-electron chi connectivity index (χ3n) is 3.79. The molecule has 0 bridgehead atoms. The summed E-state index contributed by atoms with van der Waals surface area (Å²) in [6.07, 6.45) is -3.41. The van der Waals surface area contributed by atoms with Crippen LogP contribution < -0.4 is 11.1 Å². The van der Waals surface area contributed by atoms with Crippen LogP contribution in [0.3, 0.4) is 0 Å². The fraction of sp³-hybridized carbons (Fsp3) is 0.375. The number of allylic oxidation sites excluding steroid dienone is 1. The first-order valence-electron chi connectivity index (χ1n) is 7.97. The van der Waals surface area contributed by atoms with Gasteiger partial charge in [-0.3, -0.25) is 18.7 Å². The van der Waals surface area contributed by atoms with Crippen molar-refractivity contribution in [3.63, 3.8) is 0 Å². The minimum atomic E-state index is -4.61. The molecule has 2 N–H and O–H groups in total. The largest absolute Gasteiger partial charge is 0.416 e. The van der Waals surface area contributed by atoms with E-state index in [1.165, 1.54) is 0 Å². The number of hydrogen-bond donors (Lipinski definition) is 2. The van der Waals surface area contributed by atoms with Crippen LogP contribution in [-0.2, 0) is 21.8 Å². The normalized spacial score (nSPS) is 15.9. The Kier molecular flexibility index (Phi) is 6.14. The first-order chi connectivity index (χ1) is 12.4. The Morgan fingerprint density at radius 1 is 1.37 bits per heavy atom. The molecule has 27 heavy (non-hydrogen) atoms. The molecule has 1 aromatic heterocycles. The summed E-state index contributed by atoms with van der Waals surface area (Å²) >= 11 is 0. The molecule has 2 aromatic rings. The third-order valence-corrected chi connectivity index (χ3v) is 5.04. The Morgan fingerprint density at radius 2 is 2.04 bits per heavy atom. The predicted octanol–water partition coefficient (Wildman–Crippen LogP) is 3.22. The van der Waals surface area contributed by atoms with Gasteiger partial charge < -0.3 is 14.4 Å². The van der Waals surface area contributed by atoms with Gasteiger partial charge in [-0.05, 0) is 31.5 Å². The molecular formula is C16H18F3N2O5P. The zero-order chi connectivity index (χ0) is 20.4. The van der Waals surface area contributed by atoms with Gasteiger partial charge in [0, 0.05) is 12.4 Å². The minimum Gasteiger partial charge on any atom is -0.321 e. The molecule has 0 aliphatic carbocycles. The van der Waals surface area contributed by atoms with Crippen LogP contribution in [0.1, 0.15) is 25.8 Å². The zero-order valence-corrected chi connectivity index (χ0v) is 15.4. The van der Waals surface area contributed by atoms with Crippen molar-refractivity contribution in [2.45, 2.75) is 39.1 Å². The Balaban J connectivity index is 2.42. The van der Waals surface area contributed by atoms with Crippen LogP contribution in [0.2, 0.25) is 0 Å². The number of rotatable bonds is 6. The second-order valence-electron chi connectivity index (χ2n) is 5.87. The maximum Gasteiger partial charge on any atom is 0.416 e. The lowest BCUT2D eigenvalue weighted by molar-refractivity contribution is -0.137. The van der Waals surface area contributed by atoms with Crippen molar-refractivity contribution in [1.82, 2.24) is 9.55 Å². The summed E-state index contributed by atoms with van der Waals surface area (Å²) in [6.45, 7) is 3.09. The van der Waals surface area contributed by atoms with Crippen molar-refractivity contribution in [3.05, 3.63) is 56.4 Å². The number of H-pyrrole nitrogens is 1. The molecule has 11 heteroatoms. The summed E-state index contributed by atoms with van der Waals surface area (Å²) in [6, 6.07) is 2.56. The Morgan fingerprint density at radius 3 is 2.63 bits per heavy atom. The molecule has 0 spiro atoms. The van der Waals surface area contributed by atoms with Crippen LogP contribution in [-0.4, -0.2) is 20.5 Å². The van der Waals surface area contributed by atoms with E-state index in [4.69, 9.17) is 4.52 Å². The molecule has 2 unspecified atom stereocenters. The van der Waals surface area contributed by atoms with E-state index in [1.807, 2.05) is 0 Å². The number of nitrogens with one attached hydrogen (secondary N) is 1. The lowest BCUT2D eigenvalue weighted by Crippen LogP contribution is -2.36. The van der Waals surface area contributed by atoms with Crippen molar-refractivity contribution in [2.24, 2.45) is 0 Å². The molecule has 1 aromatic carbocycles. The van der Waals surface area contributed by atoms with Gasteiger partial charge >= 0.3 is 24.9 Å². The molecule has 2 atom stereocenters. The molecule has 7 nitrogen and oxygen atoms in total. The lowest BCUT2D eigenvalue weighted by atomic mass is 10.2. The average molecular weight is 406 g/mol. The van der Waals surface area contributed by atoms with Crippen molar-refractivity contribution >= 4 is 18.6 Å². The van der Waals surface area contributed by atoms with Crippen LogP contribution in [0.15, 0.2) is 39.7 Å². The number of halogens is 3. The van der Waals surface area contributed by atoms with Gasteiger partial charge in [-0.1, -0.05) is 13.0 Å². The van der Waals surface area contributed by atoms with Gasteiger partial charge in [0.15, 0.2) is 0 Å². The smallest absolute Gasteiger partial charge is 0.321 e. The molecule has 148 valence electrons. The second kappa shape index (κ2) is 7.84. The van der Waals surface area contributed by atoms with Crippen molar-refractivity contribution in [1.29, 1.82) is 0 Å². The Hall–Kier alpha value is -2.16. The third kappa shape index (κ3) is 5.18. The number of nitrogens with zero attached hydrogens (tertiary/aromatic N) is 1. The predicted molar refractivity (Wildman–Crippen MR) is 93.6 cm³/mol. The SMILES string of the molecule is CCC(C)OP(=O)(O)C=CCn1c(=O)c(=O)[nH]c2cc(C(F)(F)F)ccc21. The van der Waals surface area contributed by atoms with Gasteiger partial charge in [-0.2, -0.15) is 13.2 Å². The molecule has 0 aliphatic heterocycles. The standard InChI is InChI=1S/C16H18F3N2O5P/c1-3-10(2)26-27(24,25)8-4-7-21-13-6-5-11(16(17,18)19)9-12(13)20-14(22)15(21)23/h4-6,8-10H,3,7H2,1-2H3,(H,20,22)(H,24,25). The van der Waals surface area contributed by atoms with Gasteiger partial charge in [0.1, 0.15) is 0 Å². The lowest BCUT2D eigenvalue weighted by Gasteiger charge is -2.14. The van der Waals surface area contributed by atoms with E-state index in [-0.39, 0.29) is 17.6 Å². The van der Waals surface area contributed by atoms with E-state index in [9.17, 15) is 32.2 Å². The summed E-state index contributed by atoms with van der Waals surface area (Å²) < 4.78 is 56.2. The molecule has 0 aliphatic rings. The van der Waals surface area contributed by atoms with Crippen molar-refractivity contribution in [3.8, 4) is 0 Å². The van der Waals surface area contributed by atoms with E-state index in [2.05, 4.69) is 4.98 Å². The second-order valence-corrected chi connectivity index (χ2v) is 7.51. The summed E-state index contributed by atoms with van der Waals surface area (Å²) in [4.78, 5) is 35.6. The topological polar surface area (TPSA) is 101 Å². The zero-order valence-electron chi connectivity index (χ0n) is 14.5. The quantitative estimate of drug-likeness (QED) is 0.567. The van der Waals surface area contributed by atoms with Crippen molar-refractivity contribution in [2.75, 3.05) is 0 Å². The number of alkyl halides is 3. The van der Waals surface area contributed by atoms with E-state index in [1.54, 1.807) is 13.8 Å². The summed E-state index contributed by atoms with van der Waals surface area (Å²) in [7, 11) is -4.05. The summed E-state index contributed by atoms with van der Waals surface area (Å²) in [5.74, 6) is 0.878. The minimum absolute atomic E-state index is 0.0490. The highest BCUT2D eigenvalue weighted by molar-refractivity contribution is 7.56. The molecule has 0 radical (unpaired) electrons. The van der Waals surface area contributed by atoms with Gasteiger partial charge in [-0.25, -0.2) is 0 Å². The highest BCUT2D eigenvalue weighted by Gasteiger charge is 2.30. The Bertz CT molecular complexity index is 1030. The number of benzene rings is 1. The fourth-order valence-corrected chi connectivity index (χ4v) is 3.39. The van der Waals surface area contributed by atoms with Crippen molar-refractivity contribution < 1.29 is 27.2 Å². The molecule has 0 fully saturated rings. The molecule has 0 saturated carbocycles. The number of hydrogen-bond acceptors (Lipinski definition) is 4. The van der Waals surface area contributed by atoms with Crippen LogP contribution in [0.5, 0.6) is 0 Å². The summed E-state index contributed by atoms with van der Waals surface area (Å²) in [5.41, 5.74) is -3.20. The number of aromatic nitrogens is 2. The van der Waals surface area contributed by atoms with Gasteiger partial charge in [-0.15, -0.1) is 0 Å². The van der Waals surface area contributed by atoms with Gasteiger partial charge in [0.2, 0.25) is 0 Å². The van der Waals surface area contributed by atoms with Crippen LogP contribution in [0, 0.1) is 0 Å². The van der Waals surface area contributed by atoms with Crippen LogP contribution >= 0.6 is 7.60 Å². The average Bonchev–Trinajstić information content (AvgIpc) is 2.56. The molecule has 0 saturated heterocycles. The molecule has 2 rings (SSSR count). The highest BCUT2D eigenvalue weighted by atomic mass is 31.2. The Labute approximate surface area is 151 Å². The van der Waals surface area contributed by atoms with E-state index in [0.29, 0.717) is 6.42 Å². The maximum atomic E-state index is 12.8. The van der Waals surface area contributed by atoms with Gasteiger partial charge in [0.25, 0.3) is 0 Å². The number of fused-ring (bicyclic) bond motifs is 1. The summed E-state index contributed by atoms with van der Waals surface area (Å²) in [5, 5.41) is 0. The fourth-order valence-electron chi connectivity index (χ4n) is 2.29. The van der Waals surface area contributed by atoms with E-state index < -0.39 is 36.6 Å². The monoisotopic (exact) mass is 406 g/mol. The van der Waals surface area contributed by atoms with E-state index in [0.717, 1.165) is 34.7 Å². The molecule has 1 heterocycles. The van der Waals surface area contributed by atoms with Crippen LogP contribution in [0.25, 0.3) is 11.0 Å². The van der Waals surface area contributed by atoms with E-state index >= 15 is 0 Å². The number of aromatic amines is 1. The maximum absolute atomic E-state index is 12.8.